The van der Waals surface area contributed by atoms with Crippen LogP contribution < -0.4 is 14.8 Å². The quantitative estimate of drug-likeness (QED) is 0.754. The van der Waals surface area contributed by atoms with E-state index in [1.54, 1.807) is 6.20 Å². The first-order valence-corrected chi connectivity index (χ1v) is 8.68. The number of aromatic amines is 1. The van der Waals surface area contributed by atoms with Gasteiger partial charge in [0.25, 0.3) is 0 Å². The Morgan fingerprint density at radius 2 is 1.96 bits per heavy atom. The number of hydrogen-bond donors (Lipinski definition) is 2. The van der Waals surface area contributed by atoms with Gasteiger partial charge in [0.1, 0.15) is 19.0 Å². The maximum atomic E-state index is 12.3. The summed E-state index contributed by atoms with van der Waals surface area (Å²) in [4.78, 5) is 16.5. The maximum Gasteiger partial charge on any atom is 0.229 e. The number of nitrogens with zero attached hydrogens (tertiary/aromatic N) is 2. The molecule has 0 radical (unpaired) electrons. The van der Waals surface area contributed by atoms with E-state index in [1.807, 2.05) is 45.0 Å². The molecule has 1 aliphatic rings. The molecule has 7 nitrogen and oxygen atoms in total. The Kier molecular flexibility index (Phi) is 5.36. The molecule has 0 fully saturated rings. The van der Waals surface area contributed by atoms with Gasteiger partial charge in [0, 0.05) is 6.20 Å². The lowest BCUT2D eigenvalue weighted by atomic mass is 10.1. The largest absolute Gasteiger partial charge is 0.486 e. The number of pyridine rings is 1. The van der Waals surface area contributed by atoms with Crippen LogP contribution >= 0.6 is 0 Å². The first-order chi connectivity index (χ1) is 12.7. The molecule has 3 heterocycles. The molecule has 2 aromatic heterocycles. The molecule has 0 atom stereocenters. The highest BCUT2D eigenvalue weighted by Gasteiger charge is 2.14. The predicted octanol–water partition coefficient (Wildman–Crippen LogP) is 3.24. The van der Waals surface area contributed by atoms with Crippen molar-refractivity contribution >= 4 is 22.8 Å². The van der Waals surface area contributed by atoms with E-state index >= 15 is 0 Å². The number of carbonyl (C=O) groups excluding carboxylic acids is 1. The van der Waals surface area contributed by atoms with Gasteiger partial charge in [-0.3, -0.25) is 9.89 Å². The van der Waals surface area contributed by atoms with Crippen molar-refractivity contribution in [1.82, 2.24) is 15.2 Å². The summed E-state index contributed by atoms with van der Waals surface area (Å²) in [7, 11) is 0. The fourth-order valence-corrected chi connectivity index (χ4v) is 2.67. The molecular weight excluding hydrogens is 332 g/mol. The number of H-pyrrole nitrogens is 1. The minimum absolute atomic E-state index is 0.140. The number of amides is 1. The molecule has 0 spiro atoms. The molecule has 4 rings (SSSR count). The summed E-state index contributed by atoms with van der Waals surface area (Å²) < 4.78 is 11.0. The molecule has 136 valence electrons. The van der Waals surface area contributed by atoms with Crippen LogP contribution in [0, 0.1) is 6.92 Å². The van der Waals surface area contributed by atoms with Crippen molar-refractivity contribution in [3.63, 3.8) is 0 Å². The number of benzene rings is 1. The third-order valence-corrected chi connectivity index (χ3v) is 3.78. The molecule has 26 heavy (non-hydrogen) atoms. The maximum absolute atomic E-state index is 12.3. The lowest BCUT2D eigenvalue weighted by Gasteiger charge is -2.18. The van der Waals surface area contributed by atoms with E-state index < -0.39 is 0 Å². The van der Waals surface area contributed by atoms with Gasteiger partial charge in [0.05, 0.1) is 11.8 Å². The van der Waals surface area contributed by atoms with Gasteiger partial charge >= 0.3 is 0 Å². The van der Waals surface area contributed by atoms with Gasteiger partial charge in [-0.05, 0) is 36.2 Å². The predicted molar refractivity (Wildman–Crippen MR) is 99.7 cm³/mol. The standard InChI is InChI=1S/C17H16N4O3.C2H6/c1-10-6-12-16(18-9-10)20-21-17(12)19-15(22)8-11-2-3-13-14(7-11)24-5-4-23-13;1-2/h2-3,6-7,9H,4-5,8H2,1H3,(H2,18,19,20,21,22);1-2H3. The Balaban J connectivity index is 0.000000948. The summed E-state index contributed by atoms with van der Waals surface area (Å²) >= 11 is 0. The number of fused-ring (bicyclic) bond motifs is 2. The molecular formula is C19H22N4O3. The van der Waals surface area contributed by atoms with Gasteiger partial charge in [-0.2, -0.15) is 5.10 Å². The van der Waals surface area contributed by atoms with Gasteiger partial charge in [0.2, 0.25) is 5.91 Å². The van der Waals surface area contributed by atoms with E-state index in [4.69, 9.17) is 9.47 Å². The van der Waals surface area contributed by atoms with Crippen molar-refractivity contribution in [2.75, 3.05) is 18.5 Å². The van der Waals surface area contributed by atoms with Crippen molar-refractivity contribution in [3.05, 3.63) is 41.6 Å². The van der Waals surface area contributed by atoms with Crippen LogP contribution in [0.3, 0.4) is 0 Å². The second-order valence-corrected chi connectivity index (χ2v) is 5.69. The third-order valence-electron chi connectivity index (χ3n) is 3.78. The number of carbonyl (C=O) groups is 1. The number of hydrogen-bond acceptors (Lipinski definition) is 5. The van der Waals surface area contributed by atoms with E-state index in [0.29, 0.717) is 36.2 Å². The van der Waals surface area contributed by atoms with Crippen LogP contribution in [0.4, 0.5) is 5.82 Å². The summed E-state index contributed by atoms with van der Waals surface area (Å²) in [6.07, 6.45) is 1.97. The van der Waals surface area contributed by atoms with Crippen LogP contribution in [-0.2, 0) is 11.2 Å². The number of rotatable bonds is 3. The Morgan fingerprint density at radius 1 is 1.19 bits per heavy atom. The highest BCUT2D eigenvalue weighted by Crippen LogP contribution is 2.31. The number of aryl methyl sites for hydroxylation is 1. The molecule has 0 saturated heterocycles. The number of anilines is 1. The molecule has 0 bridgehead atoms. The first-order valence-electron chi connectivity index (χ1n) is 8.68. The van der Waals surface area contributed by atoms with Crippen molar-refractivity contribution in [2.24, 2.45) is 0 Å². The van der Waals surface area contributed by atoms with Gasteiger partial charge < -0.3 is 14.8 Å². The second-order valence-electron chi connectivity index (χ2n) is 5.69. The average molecular weight is 354 g/mol. The summed E-state index contributed by atoms with van der Waals surface area (Å²) in [6, 6.07) is 7.47. The molecule has 0 aliphatic carbocycles. The lowest BCUT2D eigenvalue weighted by Crippen LogP contribution is -2.17. The zero-order valence-electron chi connectivity index (χ0n) is 15.1. The normalized spacial score (nSPS) is 12.3. The fourth-order valence-electron chi connectivity index (χ4n) is 2.67. The van der Waals surface area contributed by atoms with Crippen LogP contribution in [0.1, 0.15) is 25.0 Å². The van der Waals surface area contributed by atoms with Crippen molar-refractivity contribution in [2.45, 2.75) is 27.2 Å². The summed E-state index contributed by atoms with van der Waals surface area (Å²) in [5.74, 6) is 1.81. The van der Waals surface area contributed by atoms with Gasteiger partial charge in [-0.1, -0.05) is 19.9 Å². The molecule has 0 unspecified atom stereocenters. The van der Waals surface area contributed by atoms with Crippen LogP contribution in [-0.4, -0.2) is 34.3 Å². The number of ether oxygens (including phenoxy) is 2. The highest BCUT2D eigenvalue weighted by atomic mass is 16.6. The Labute approximate surface area is 151 Å². The Morgan fingerprint density at radius 3 is 2.77 bits per heavy atom. The summed E-state index contributed by atoms with van der Waals surface area (Å²) in [5, 5.41) is 10.6. The molecule has 2 N–H and O–H groups in total. The summed E-state index contributed by atoms with van der Waals surface area (Å²) in [5.41, 5.74) is 2.44. The monoisotopic (exact) mass is 354 g/mol. The Hall–Kier alpha value is -3.09. The fraction of sp³-hybridized carbons (Fsp3) is 0.316. The van der Waals surface area contributed by atoms with Crippen LogP contribution in [0.2, 0.25) is 0 Å². The van der Waals surface area contributed by atoms with E-state index in [-0.39, 0.29) is 12.3 Å². The van der Waals surface area contributed by atoms with Crippen LogP contribution in [0.25, 0.3) is 11.0 Å². The summed E-state index contributed by atoms with van der Waals surface area (Å²) in [6.45, 7) is 7.02. The van der Waals surface area contributed by atoms with Crippen molar-refractivity contribution in [3.8, 4) is 11.5 Å². The smallest absolute Gasteiger partial charge is 0.229 e. The highest BCUT2D eigenvalue weighted by molar-refractivity contribution is 5.99. The van der Waals surface area contributed by atoms with Gasteiger partial charge in [-0.15, -0.1) is 0 Å². The third kappa shape index (κ3) is 3.77. The first kappa shape index (κ1) is 17.7. The van der Waals surface area contributed by atoms with Crippen molar-refractivity contribution in [1.29, 1.82) is 0 Å². The van der Waals surface area contributed by atoms with E-state index in [0.717, 1.165) is 16.5 Å². The van der Waals surface area contributed by atoms with Crippen LogP contribution in [0.5, 0.6) is 11.5 Å². The van der Waals surface area contributed by atoms with Crippen LogP contribution in [0.15, 0.2) is 30.5 Å². The van der Waals surface area contributed by atoms with E-state index in [2.05, 4.69) is 20.5 Å². The molecule has 1 amide bonds. The minimum Gasteiger partial charge on any atom is -0.486 e. The molecule has 1 aromatic carbocycles. The number of nitrogens with one attached hydrogen (secondary N) is 2. The topological polar surface area (TPSA) is 89.1 Å². The lowest BCUT2D eigenvalue weighted by molar-refractivity contribution is -0.115. The minimum atomic E-state index is -0.140. The second kappa shape index (κ2) is 7.86. The molecule has 7 heteroatoms. The Bertz CT molecular complexity index is 920. The SMILES string of the molecule is CC.Cc1cnc2n[nH]c(NC(=O)Cc3ccc4c(c3)OCCO4)c2c1. The van der Waals surface area contributed by atoms with E-state index in [9.17, 15) is 4.79 Å². The molecule has 1 aliphatic heterocycles. The van der Waals surface area contributed by atoms with E-state index in [1.165, 1.54) is 0 Å². The van der Waals surface area contributed by atoms with Crippen molar-refractivity contribution < 1.29 is 14.3 Å². The molecule has 0 saturated carbocycles. The van der Waals surface area contributed by atoms with Gasteiger partial charge in [-0.25, -0.2) is 4.98 Å². The average Bonchev–Trinajstić information content (AvgIpc) is 3.05. The number of aromatic nitrogens is 3. The zero-order chi connectivity index (χ0) is 18.5. The van der Waals surface area contributed by atoms with Gasteiger partial charge in [0.15, 0.2) is 17.1 Å². The zero-order valence-corrected chi connectivity index (χ0v) is 15.1. The molecule has 3 aromatic rings.